The molecule has 2 aliphatic rings. The van der Waals surface area contributed by atoms with E-state index in [2.05, 4.69) is 17.4 Å². The minimum absolute atomic E-state index is 0.0819. The molecule has 0 bridgehead atoms. The number of benzene rings is 1. The van der Waals surface area contributed by atoms with Crippen molar-refractivity contribution in [3.8, 4) is 0 Å². The molecule has 0 heterocycles. The number of rotatable bonds is 4. The molecule has 0 unspecified atom stereocenters. The zero-order chi connectivity index (χ0) is 11.9. The highest BCUT2D eigenvalue weighted by Gasteiger charge is 2.54. The molecule has 2 aliphatic carbocycles. The fourth-order valence-corrected chi connectivity index (χ4v) is 2.42. The zero-order valence-electron chi connectivity index (χ0n) is 9.91. The summed E-state index contributed by atoms with van der Waals surface area (Å²) in [7, 11) is 0. The molecule has 0 aromatic heterocycles. The molecule has 2 saturated carbocycles. The van der Waals surface area contributed by atoms with Crippen molar-refractivity contribution in [1.29, 1.82) is 0 Å². The average Bonchev–Trinajstić information content (AvgIpc) is 3.26. The number of carbonyl (C=O) groups is 1. The molecule has 3 nitrogen and oxygen atoms in total. The number of nitrogens with two attached hydrogens (primary N) is 1. The number of nitrogens with one attached hydrogen (secondary N) is 1. The first kappa shape index (κ1) is 10.8. The topological polar surface area (TPSA) is 55.1 Å². The van der Waals surface area contributed by atoms with E-state index in [9.17, 15) is 4.79 Å². The Bertz CT molecular complexity index is 433. The molecule has 1 aromatic rings. The third-order valence-corrected chi connectivity index (χ3v) is 4.13. The maximum atomic E-state index is 12.4. The van der Waals surface area contributed by atoms with Gasteiger partial charge in [0.05, 0.1) is 11.0 Å². The van der Waals surface area contributed by atoms with Crippen LogP contribution in [0.5, 0.6) is 0 Å². The summed E-state index contributed by atoms with van der Waals surface area (Å²) in [6.07, 6.45) is 3.98. The summed E-state index contributed by atoms with van der Waals surface area (Å²) in [5.41, 5.74) is 6.51. The van der Waals surface area contributed by atoms with E-state index in [4.69, 9.17) is 5.73 Å². The molecule has 0 aliphatic heterocycles. The highest BCUT2D eigenvalue weighted by molar-refractivity contribution is 5.92. The zero-order valence-corrected chi connectivity index (χ0v) is 9.91. The molecule has 90 valence electrons. The first-order valence-corrected chi connectivity index (χ1v) is 6.29. The van der Waals surface area contributed by atoms with Crippen LogP contribution in [0.25, 0.3) is 0 Å². The molecule has 0 spiro atoms. The van der Waals surface area contributed by atoms with Crippen molar-refractivity contribution in [3.05, 3.63) is 35.9 Å². The standard InChI is InChI=1S/C14H18N2O/c15-10-13(6-7-13)16-12(17)14(8-9-14)11-4-2-1-3-5-11/h1-5H,6-10,15H2,(H,16,17). The highest BCUT2D eigenvalue weighted by Crippen LogP contribution is 2.49. The van der Waals surface area contributed by atoms with E-state index in [1.807, 2.05) is 18.2 Å². The Morgan fingerprint density at radius 3 is 2.29 bits per heavy atom. The summed E-state index contributed by atoms with van der Waals surface area (Å²) in [5.74, 6) is 0.173. The summed E-state index contributed by atoms with van der Waals surface area (Å²) in [6, 6.07) is 10.1. The van der Waals surface area contributed by atoms with Crippen molar-refractivity contribution < 1.29 is 4.79 Å². The lowest BCUT2D eigenvalue weighted by atomic mass is 9.94. The third kappa shape index (κ3) is 1.75. The van der Waals surface area contributed by atoms with Crippen molar-refractivity contribution in [2.45, 2.75) is 36.6 Å². The Morgan fingerprint density at radius 1 is 1.18 bits per heavy atom. The summed E-state index contributed by atoms with van der Waals surface area (Å²) >= 11 is 0. The van der Waals surface area contributed by atoms with Crippen molar-refractivity contribution in [2.75, 3.05) is 6.54 Å². The smallest absolute Gasteiger partial charge is 0.231 e. The molecule has 0 radical (unpaired) electrons. The van der Waals surface area contributed by atoms with Gasteiger partial charge in [0.2, 0.25) is 5.91 Å². The normalized spacial score (nSPS) is 22.9. The van der Waals surface area contributed by atoms with E-state index in [-0.39, 0.29) is 16.9 Å². The van der Waals surface area contributed by atoms with Crippen molar-refractivity contribution in [1.82, 2.24) is 5.32 Å². The van der Waals surface area contributed by atoms with Crippen LogP contribution in [0, 0.1) is 0 Å². The minimum Gasteiger partial charge on any atom is -0.349 e. The molecule has 0 saturated heterocycles. The quantitative estimate of drug-likeness (QED) is 0.819. The van der Waals surface area contributed by atoms with Crippen LogP contribution in [0.2, 0.25) is 0 Å². The summed E-state index contributed by atoms with van der Waals surface area (Å²) in [6.45, 7) is 0.559. The number of hydrogen-bond donors (Lipinski definition) is 2. The lowest BCUT2D eigenvalue weighted by Gasteiger charge is -2.21. The molecule has 3 rings (SSSR count). The molecule has 1 aromatic carbocycles. The van der Waals surface area contributed by atoms with E-state index in [0.29, 0.717) is 6.54 Å². The number of amides is 1. The summed E-state index contributed by atoms with van der Waals surface area (Å²) < 4.78 is 0. The van der Waals surface area contributed by atoms with Crippen molar-refractivity contribution in [2.24, 2.45) is 5.73 Å². The number of hydrogen-bond acceptors (Lipinski definition) is 2. The van der Waals surface area contributed by atoms with Gasteiger partial charge in [0, 0.05) is 6.54 Å². The fraction of sp³-hybridized carbons (Fsp3) is 0.500. The predicted octanol–water partition coefficient (Wildman–Crippen LogP) is 1.33. The van der Waals surface area contributed by atoms with Crippen LogP contribution in [-0.4, -0.2) is 18.0 Å². The van der Waals surface area contributed by atoms with Gasteiger partial charge in [0.25, 0.3) is 0 Å². The first-order chi connectivity index (χ1) is 8.21. The molecule has 0 atom stereocenters. The van der Waals surface area contributed by atoms with Gasteiger partial charge in [-0.1, -0.05) is 30.3 Å². The van der Waals surface area contributed by atoms with E-state index in [1.54, 1.807) is 0 Å². The van der Waals surface area contributed by atoms with E-state index >= 15 is 0 Å². The van der Waals surface area contributed by atoms with Gasteiger partial charge in [-0.05, 0) is 31.2 Å². The second-order valence-electron chi connectivity index (χ2n) is 5.39. The Morgan fingerprint density at radius 2 is 1.82 bits per heavy atom. The van der Waals surface area contributed by atoms with Gasteiger partial charge in [-0.25, -0.2) is 0 Å². The van der Waals surface area contributed by atoms with Crippen LogP contribution < -0.4 is 11.1 Å². The molecule has 3 N–H and O–H groups in total. The van der Waals surface area contributed by atoms with Crippen LogP contribution in [0.1, 0.15) is 31.2 Å². The van der Waals surface area contributed by atoms with Gasteiger partial charge in [0.15, 0.2) is 0 Å². The Hall–Kier alpha value is -1.35. The van der Waals surface area contributed by atoms with Crippen LogP contribution in [0.15, 0.2) is 30.3 Å². The maximum Gasteiger partial charge on any atom is 0.231 e. The van der Waals surface area contributed by atoms with Crippen molar-refractivity contribution >= 4 is 5.91 Å². The molecular formula is C14H18N2O. The van der Waals surface area contributed by atoms with Crippen LogP contribution in [0.4, 0.5) is 0 Å². The Labute approximate surface area is 101 Å². The Kier molecular flexibility index (Phi) is 2.26. The molecule has 17 heavy (non-hydrogen) atoms. The molecular weight excluding hydrogens is 212 g/mol. The van der Waals surface area contributed by atoms with Crippen LogP contribution in [0.3, 0.4) is 0 Å². The van der Waals surface area contributed by atoms with E-state index < -0.39 is 0 Å². The monoisotopic (exact) mass is 230 g/mol. The predicted molar refractivity (Wildman–Crippen MR) is 66.5 cm³/mol. The van der Waals surface area contributed by atoms with Gasteiger partial charge in [-0.15, -0.1) is 0 Å². The average molecular weight is 230 g/mol. The lowest BCUT2D eigenvalue weighted by Crippen LogP contribution is -2.47. The van der Waals surface area contributed by atoms with Gasteiger partial charge in [-0.2, -0.15) is 0 Å². The molecule has 1 amide bonds. The largest absolute Gasteiger partial charge is 0.349 e. The third-order valence-electron chi connectivity index (χ3n) is 4.13. The first-order valence-electron chi connectivity index (χ1n) is 6.29. The second-order valence-corrected chi connectivity index (χ2v) is 5.39. The van der Waals surface area contributed by atoms with E-state index in [1.165, 1.54) is 0 Å². The van der Waals surface area contributed by atoms with Gasteiger partial charge in [0.1, 0.15) is 0 Å². The lowest BCUT2D eigenvalue weighted by molar-refractivity contribution is -0.124. The van der Waals surface area contributed by atoms with E-state index in [0.717, 1.165) is 31.2 Å². The SMILES string of the molecule is NCC1(NC(=O)C2(c3ccccc3)CC2)CC1. The number of carbonyl (C=O) groups excluding carboxylic acids is 1. The van der Waals surface area contributed by atoms with Gasteiger partial charge in [-0.3, -0.25) is 4.79 Å². The van der Waals surface area contributed by atoms with Crippen molar-refractivity contribution in [3.63, 3.8) is 0 Å². The van der Waals surface area contributed by atoms with Crippen LogP contribution >= 0.6 is 0 Å². The van der Waals surface area contributed by atoms with Crippen LogP contribution in [-0.2, 0) is 10.2 Å². The van der Waals surface area contributed by atoms with Gasteiger partial charge < -0.3 is 11.1 Å². The summed E-state index contributed by atoms with van der Waals surface area (Å²) in [4.78, 5) is 12.4. The minimum atomic E-state index is -0.258. The Balaban J connectivity index is 1.78. The summed E-state index contributed by atoms with van der Waals surface area (Å²) in [5, 5.41) is 3.15. The maximum absolute atomic E-state index is 12.4. The fourth-order valence-electron chi connectivity index (χ4n) is 2.42. The molecule has 2 fully saturated rings. The van der Waals surface area contributed by atoms with Gasteiger partial charge >= 0.3 is 0 Å². The highest BCUT2D eigenvalue weighted by atomic mass is 16.2. The molecule has 3 heteroatoms. The second kappa shape index (κ2) is 3.57.